The summed E-state index contributed by atoms with van der Waals surface area (Å²) in [6.07, 6.45) is 5.83. The Morgan fingerprint density at radius 3 is 2.48 bits per heavy atom. The molecule has 138 valence electrons. The largest absolute Gasteiger partial charge is 0.378 e. The molecular formula is C19H31N5O. The van der Waals surface area contributed by atoms with E-state index >= 15 is 0 Å². The average molecular weight is 345 g/mol. The lowest BCUT2D eigenvalue weighted by atomic mass is 10.1. The van der Waals surface area contributed by atoms with Crippen molar-refractivity contribution in [3.05, 3.63) is 36.4 Å². The molecule has 0 spiro atoms. The van der Waals surface area contributed by atoms with Gasteiger partial charge >= 0.3 is 0 Å². The Morgan fingerprint density at radius 1 is 1.00 bits per heavy atom. The Kier molecular flexibility index (Phi) is 8.04. The maximum Gasteiger partial charge on any atom is 0.0663 e. The minimum Gasteiger partial charge on any atom is -0.378 e. The van der Waals surface area contributed by atoms with Crippen molar-refractivity contribution in [3.63, 3.8) is 0 Å². The third-order valence-corrected chi connectivity index (χ3v) is 3.75. The van der Waals surface area contributed by atoms with E-state index in [1.54, 1.807) is 0 Å². The van der Waals surface area contributed by atoms with Gasteiger partial charge in [-0.25, -0.2) is 0 Å². The van der Waals surface area contributed by atoms with E-state index in [0.717, 1.165) is 43.1 Å². The molecule has 0 aliphatic carbocycles. The summed E-state index contributed by atoms with van der Waals surface area (Å²) in [5, 5.41) is 11.1. The van der Waals surface area contributed by atoms with Gasteiger partial charge < -0.3 is 15.4 Å². The number of hydrogen-bond acceptors (Lipinski definition) is 5. The van der Waals surface area contributed by atoms with Crippen molar-refractivity contribution >= 4 is 0 Å². The van der Waals surface area contributed by atoms with Crippen LogP contribution in [0.2, 0.25) is 0 Å². The molecule has 0 unspecified atom stereocenters. The molecule has 2 rings (SSSR count). The predicted octanol–water partition coefficient (Wildman–Crippen LogP) is 2.46. The van der Waals surface area contributed by atoms with Gasteiger partial charge in [0.05, 0.1) is 31.6 Å². The van der Waals surface area contributed by atoms with Crippen molar-refractivity contribution in [1.29, 1.82) is 0 Å². The van der Waals surface area contributed by atoms with Crippen molar-refractivity contribution in [2.24, 2.45) is 0 Å². The Hall–Kier alpha value is -1.76. The first-order valence-electron chi connectivity index (χ1n) is 9.07. The van der Waals surface area contributed by atoms with Crippen LogP contribution >= 0.6 is 0 Å². The Labute approximate surface area is 151 Å². The van der Waals surface area contributed by atoms with Crippen molar-refractivity contribution in [2.75, 3.05) is 19.8 Å². The molecule has 0 saturated carbocycles. The van der Waals surface area contributed by atoms with E-state index in [0.29, 0.717) is 18.7 Å². The van der Waals surface area contributed by atoms with Crippen LogP contribution in [0.5, 0.6) is 0 Å². The third-order valence-electron chi connectivity index (χ3n) is 3.75. The van der Waals surface area contributed by atoms with Crippen LogP contribution < -0.4 is 10.6 Å². The fraction of sp³-hybridized carbons (Fsp3) is 0.579. The maximum absolute atomic E-state index is 5.62. The molecule has 0 bridgehead atoms. The summed E-state index contributed by atoms with van der Waals surface area (Å²) in [5.41, 5.74) is 3.21. The molecule has 0 amide bonds. The Balaban J connectivity index is 1.76. The van der Waals surface area contributed by atoms with Crippen LogP contribution in [0, 0.1) is 0 Å². The number of hydrogen-bond donors (Lipinski definition) is 2. The first kappa shape index (κ1) is 19.6. The molecule has 0 aliphatic heterocycles. The topological polar surface area (TPSA) is 64.0 Å². The normalized spacial score (nSPS) is 11.6. The molecule has 2 aromatic rings. The summed E-state index contributed by atoms with van der Waals surface area (Å²) >= 11 is 0. The van der Waals surface area contributed by atoms with Gasteiger partial charge in [-0.2, -0.15) is 5.10 Å². The molecule has 6 nitrogen and oxygen atoms in total. The third kappa shape index (κ3) is 7.34. The van der Waals surface area contributed by atoms with E-state index < -0.39 is 0 Å². The Morgan fingerprint density at radius 2 is 1.80 bits per heavy atom. The number of rotatable bonds is 11. The van der Waals surface area contributed by atoms with E-state index in [9.17, 15) is 0 Å². The van der Waals surface area contributed by atoms with Gasteiger partial charge in [-0.05, 0) is 6.07 Å². The second kappa shape index (κ2) is 10.3. The highest BCUT2D eigenvalue weighted by Gasteiger charge is 2.04. The van der Waals surface area contributed by atoms with Crippen molar-refractivity contribution in [2.45, 2.75) is 52.9 Å². The van der Waals surface area contributed by atoms with Gasteiger partial charge in [-0.3, -0.25) is 9.67 Å². The van der Waals surface area contributed by atoms with Gasteiger partial charge in [-0.15, -0.1) is 0 Å². The van der Waals surface area contributed by atoms with Crippen molar-refractivity contribution in [1.82, 2.24) is 25.4 Å². The number of aromatic nitrogens is 3. The molecule has 0 atom stereocenters. The summed E-state index contributed by atoms with van der Waals surface area (Å²) in [6, 6.07) is 5.12. The average Bonchev–Trinajstić information content (AvgIpc) is 3.05. The number of ether oxygens (including phenoxy) is 1. The summed E-state index contributed by atoms with van der Waals surface area (Å²) in [4.78, 5) is 4.52. The highest BCUT2D eigenvalue weighted by molar-refractivity contribution is 5.60. The molecule has 2 aromatic heterocycles. The maximum atomic E-state index is 5.62. The van der Waals surface area contributed by atoms with Crippen LogP contribution in [-0.2, 0) is 17.8 Å². The molecule has 0 radical (unpaired) electrons. The lowest BCUT2D eigenvalue weighted by Gasteiger charge is -2.08. The summed E-state index contributed by atoms with van der Waals surface area (Å²) < 4.78 is 7.54. The standard InChI is InChI=1S/C19H31N5O/c1-15(2)20-7-9-25-10-8-24-14-18(12-23-24)17-5-6-19(22-11-17)13-21-16(3)4/h5-6,11-12,14-16,20-21H,7-10,13H2,1-4H3. The molecule has 2 heterocycles. The highest BCUT2D eigenvalue weighted by atomic mass is 16.5. The zero-order valence-electron chi connectivity index (χ0n) is 15.8. The van der Waals surface area contributed by atoms with Gasteiger partial charge in [0.25, 0.3) is 0 Å². The molecule has 2 N–H and O–H groups in total. The number of pyridine rings is 1. The summed E-state index contributed by atoms with van der Waals surface area (Å²) in [5.74, 6) is 0. The quantitative estimate of drug-likeness (QED) is 0.613. The molecule has 0 aliphatic rings. The van der Waals surface area contributed by atoms with E-state index in [2.05, 4.69) is 60.5 Å². The molecule has 0 fully saturated rings. The number of nitrogens with one attached hydrogen (secondary N) is 2. The molecule has 25 heavy (non-hydrogen) atoms. The van der Waals surface area contributed by atoms with Gasteiger partial charge in [0.2, 0.25) is 0 Å². The van der Waals surface area contributed by atoms with Gasteiger partial charge in [0, 0.05) is 48.7 Å². The zero-order chi connectivity index (χ0) is 18.1. The molecule has 0 saturated heterocycles. The minimum absolute atomic E-state index is 0.461. The minimum atomic E-state index is 0.461. The summed E-state index contributed by atoms with van der Waals surface area (Å²) in [7, 11) is 0. The van der Waals surface area contributed by atoms with Crippen LogP contribution in [0.15, 0.2) is 30.7 Å². The van der Waals surface area contributed by atoms with Crippen LogP contribution in [0.3, 0.4) is 0 Å². The zero-order valence-corrected chi connectivity index (χ0v) is 15.8. The molecule has 6 heteroatoms. The lowest BCUT2D eigenvalue weighted by molar-refractivity contribution is 0.124. The van der Waals surface area contributed by atoms with Crippen LogP contribution in [0.1, 0.15) is 33.4 Å². The molecule has 0 aromatic carbocycles. The fourth-order valence-electron chi connectivity index (χ4n) is 2.32. The van der Waals surface area contributed by atoms with Gasteiger partial charge in [-0.1, -0.05) is 33.8 Å². The lowest BCUT2D eigenvalue weighted by Crippen LogP contribution is -2.27. The Bertz CT molecular complexity index is 607. The van der Waals surface area contributed by atoms with E-state index in [1.807, 2.05) is 23.3 Å². The van der Waals surface area contributed by atoms with Crippen molar-refractivity contribution in [3.8, 4) is 11.1 Å². The SMILES string of the molecule is CC(C)NCCOCCn1cc(-c2ccc(CNC(C)C)nc2)cn1. The van der Waals surface area contributed by atoms with Crippen molar-refractivity contribution < 1.29 is 4.74 Å². The number of nitrogens with zero attached hydrogens (tertiary/aromatic N) is 3. The first-order valence-corrected chi connectivity index (χ1v) is 9.07. The van der Waals surface area contributed by atoms with Crippen LogP contribution in [0.25, 0.3) is 11.1 Å². The second-order valence-corrected chi connectivity index (χ2v) is 6.79. The predicted molar refractivity (Wildman–Crippen MR) is 101 cm³/mol. The van der Waals surface area contributed by atoms with Gasteiger partial charge in [0.15, 0.2) is 0 Å². The van der Waals surface area contributed by atoms with E-state index in [1.165, 1.54) is 0 Å². The monoisotopic (exact) mass is 345 g/mol. The highest BCUT2D eigenvalue weighted by Crippen LogP contribution is 2.17. The van der Waals surface area contributed by atoms with Crippen LogP contribution in [-0.4, -0.2) is 46.6 Å². The van der Waals surface area contributed by atoms with Gasteiger partial charge in [0.1, 0.15) is 0 Å². The van der Waals surface area contributed by atoms with Crippen LogP contribution in [0.4, 0.5) is 0 Å². The fourth-order valence-corrected chi connectivity index (χ4v) is 2.32. The summed E-state index contributed by atoms with van der Waals surface area (Å²) in [6.45, 7) is 12.3. The second-order valence-electron chi connectivity index (χ2n) is 6.79. The molecular weight excluding hydrogens is 314 g/mol. The van der Waals surface area contributed by atoms with E-state index in [-0.39, 0.29) is 0 Å². The first-order chi connectivity index (χ1) is 12.0. The van der Waals surface area contributed by atoms with E-state index in [4.69, 9.17) is 4.74 Å². The smallest absolute Gasteiger partial charge is 0.0663 e.